The molecule has 0 aliphatic carbocycles. The van der Waals surface area contributed by atoms with E-state index in [-0.39, 0.29) is 17.2 Å². The van der Waals surface area contributed by atoms with Crippen molar-refractivity contribution in [3.05, 3.63) is 39.8 Å². The number of aromatic amines is 1. The number of carbonyl (C=O) groups excluding carboxylic acids is 2. The first-order valence-corrected chi connectivity index (χ1v) is 9.03. The van der Waals surface area contributed by atoms with Crippen LogP contribution in [0.15, 0.2) is 23.6 Å². The van der Waals surface area contributed by atoms with Crippen molar-refractivity contribution in [2.45, 2.75) is 19.8 Å². The molecule has 0 atom stereocenters. The highest BCUT2D eigenvalue weighted by Crippen LogP contribution is 2.41. The quantitative estimate of drug-likeness (QED) is 0.928. The Labute approximate surface area is 144 Å². The van der Waals surface area contributed by atoms with Gasteiger partial charge in [-0.15, -0.1) is 11.3 Å². The molecule has 0 aromatic carbocycles. The molecule has 2 aliphatic rings. The maximum Gasteiger partial charge on any atom is 0.274 e. The van der Waals surface area contributed by atoms with E-state index in [1.165, 1.54) is 11.3 Å². The van der Waals surface area contributed by atoms with Crippen LogP contribution >= 0.6 is 11.3 Å². The first-order chi connectivity index (χ1) is 11.5. The second-order valence-corrected chi connectivity index (χ2v) is 8.11. The van der Waals surface area contributed by atoms with Crippen LogP contribution in [0.5, 0.6) is 0 Å². The van der Waals surface area contributed by atoms with E-state index in [1.54, 1.807) is 0 Å². The van der Waals surface area contributed by atoms with Gasteiger partial charge < -0.3 is 9.80 Å². The molecule has 2 fully saturated rings. The largest absolute Gasteiger partial charge is 0.336 e. The maximum atomic E-state index is 12.5. The summed E-state index contributed by atoms with van der Waals surface area (Å²) in [5.74, 6) is 0.409. The summed E-state index contributed by atoms with van der Waals surface area (Å²) in [6.07, 6.45) is 0. The molecule has 2 aliphatic heterocycles. The van der Waals surface area contributed by atoms with Crippen molar-refractivity contribution in [3.63, 3.8) is 0 Å². The third kappa shape index (κ3) is 2.43. The lowest BCUT2D eigenvalue weighted by Crippen LogP contribution is -2.73. The van der Waals surface area contributed by atoms with Crippen molar-refractivity contribution in [2.75, 3.05) is 26.2 Å². The van der Waals surface area contributed by atoms with Crippen LogP contribution in [0.1, 0.15) is 45.6 Å². The fourth-order valence-electron chi connectivity index (χ4n) is 3.47. The van der Waals surface area contributed by atoms with Gasteiger partial charge in [0.05, 0.1) is 4.88 Å². The van der Waals surface area contributed by atoms with E-state index in [4.69, 9.17) is 0 Å². The normalized spacial score (nSPS) is 18.6. The lowest BCUT2D eigenvalue weighted by molar-refractivity contribution is -0.0822. The van der Waals surface area contributed by atoms with Crippen LogP contribution in [0.4, 0.5) is 0 Å². The summed E-state index contributed by atoms with van der Waals surface area (Å²) >= 11 is 1.47. The molecule has 4 heterocycles. The Balaban J connectivity index is 1.32. The number of likely N-dealkylation sites (tertiary alicyclic amines) is 2. The predicted molar refractivity (Wildman–Crippen MR) is 91.2 cm³/mol. The van der Waals surface area contributed by atoms with Crippen LogP contribution in [0.25, 0.3) is 0 Å². The molecule has 1 N–H and O–H groups in total. The number of amides is 2. The van der Waals surface area contributed by atoms with E-state index >= 15 is 0 Å². The van der Waals surface area contributed by atoms with Crippen molar-refractivity contribution in [1.82, 2.24) is 20.0 Å². The number of rotatable bonds is 3. The van der Waals surface area contributed by atoms with Crippen molar-refractivity contribution in [3.8, 4) is 0 Å². The number of hydrogen-bond acceptors (Lipinski definition) is 4. The van der Waals surface area contributed by atoms with Crippen LogP contribution in [0, 0.1) is 5.41 Å². The van der Waals surface area contributed by atoms with E-state index in [1.807, 2.05) is 33.4 Å². The van der Waals surface area contributed by atoms with Gasteiger partial charge in [0, 0.05) is 37.3 Å². The topological polar surface area (TPSA) is 69.3 Å². The maximum absolute atomic E-state index is 12.5. The van der Waals surface area contributed by atoms with Gasteiger partial charge in [-0.2, -0.15) is 5.10 Å². The lowest BCUT2D eigenvalue weighted by Gasteiger charge is -2.59. The standard InChI is InChI=1S/C17H20N4O2S/c1-11(2)12-6-13(19-18-12)15(22)20-7-17(8-20)9-21(10-17)16(23)14-4-3-5-24-14/h3-6,11H,7-10H2,1-2H3,(H,18,19). The molecule has 2 amide bonds. The summed E-state index contributed by atoms with van der Waals surface area (Å²) in [5.41, 5.74) is 1.56. The Morgan fingerprint density at radius 3 is 2.42 bits per heavy atom. The smallest absolute Gasteiger partial charge is 0.274 e. The number of nitrogens with one attached hydrogen (secondary N) is 1. The molecule has 2 aromatic heterocycles. The number of carbonyl (C=O) groups is 2. The van der Waals surface area contributed by atoms with Crippen LogP contribution in [0.3, 0.4) is 0 Å². The molecule has 4 rings (SSSR count). The van der Waals surface area contributed by atoms with Crippen LogP contribution in [-0.4, -0.2) is 58.0 Å². The van der Waals surface area contributed by atoms with Gasteiger partial charge in [0.1, 0.15) is 5.69 Å². The number of thiophene rings is 1. The Hall–Kier alpha value is -2.15. The van der Waals surface area contributed by atoms with Crippen LogP contribution < -0.4 is 0 Å². The fraction of sp³-hybridized carbons (Fsp3) is 0.471. The highest BCUT2D eigenvalue weighted by molar-refractivity contribution is 7.12. The Morgan fingerprint density at radius 2 is 1.88 bits per heavy atom. The summed E-state index contributed by atoms with van der Waals surface area (Å²) < 4.78 is 0. The zero-order chi connectivity index (χ0) is 16.9. The molecule has 0 radical (unpaired) electrons. The fourth-order valence-corrected chi connectivity index (χ4v) is 4.16. The number of aromatic nitrogens is 2. The summed E-state index contributed by atoms with van der Waals surface area (Å²) in [5, 5.41) is 8.97. The van der Waals surface area contributed by atoms with Crippen LogP contribution in [0.2, 0.25) is 0 Å². The van der Waals surface area contributed by atoms with Gasteiger partial charge in [-0.05, 0) is 23.4 Å². The van der Waals surface area contributed by atoms with Gasteiger partial charge in [-0.1, -0.05) is 19.9 Å². The number of nitrogens with zero attached hydrogens (tertiary/aromatic N) is 3. The average Bonchev–Trinajstić information content (AvgIpc) is 3.15. The highest BCUT2D eigenvalue weighted by atomic mass is 32.1. The second kappa shape index (κ2) is 5.44. The number of H-pyrrole nitrogens is 1. The zero-order valence-corrected chi connectivity index (χ0v) is 14.6. The SMILES string of the molecule is CC(C)c1cc(C(=O)N2CC3(C2)CN(C(=O)c2cccs2)C3)n[nH]1. The van der Waals surface area contributed by atoms with Crippen molar-refractivity contribution in [2.24, 2.45) is 5.41 Å². The Morgan fingerprint density at radius 1 is 1.21 bits per heavy atom. The van der Waals surface area contributed by atoms with E-state index in [2.05, 4.69) is 24.0 Å². The third-order valence-corrected chi connectivity index (χ3v) is 5.71. The Kier molecular flexibility index (Phi) is 3.49. The van der Waals surface area contributed by atoms with Crippen molar-refractivity contribution in [1.29, 1.82) is 0 Å². The first kappa shape index (κ1) is 15.4. The summed E-state index contributed by atoms with van der Waals surface area (Å²) in [6, 6.07) is 5.59. The summed E-state index contributed by atoms with van der Waals surface area (Å²) in [6.45, 7) is 7.03. The molecule has 126 valence electrons. The molecule has 2 saturated heterocycles. The average molecular weight is 344 g/mol. The molecule has 7 heteroatoms. The Bertz CT molecular complexity index is 766. The monoisotopic (exact) mass is 344 g/mol. The number of hydrogen-bond donors (Lipinski definition) is 1. The van der Waals surface area contributed by atoms with Crippen molar-refractivity contribution < 1.29 is 9.59 Å². The van der Waals surface area contributed by atoms with Gasteiger partial charge in [-0.25, -0.2) is 0 Å². The van der Waals surface area contributed by atoms with E-state index < -0.39 is 0 Å². The van der Waals surface area contributed by atoms with E-state index in [9.17, 15) is 9.59 Å². The highest BCUT2D eigenvalue weighted by Gasteiger charge is 2.54. The first-order valence-electron chi connectivity index (χ1n) is 8.15. The van der Waals surface area contributed by atoms with E-state index in [0.29, 0.717) is 24.7 Å². The molecular weight excluding hydrogens is 324 g/mol. The third-order valence-electron chi connectivity index (χ3n) is 4.85. The van der Waals surface area contributed by atoms with Crippen molar-refractivity contribution >= 4 is 23.2 Å². The zero-order valence-electron chi connectivity index (χ0n) is 13.8. The molecular formula is C17H20N4O2S. The van der Waals surface area contributed by atoms with Crippen LogP contribution in [-0.2, 0) is 0 Å². The molecule has 6 nitrogen and oxygen atoms in total. The van der Waals surface area contributed by atoms with Gasteiger partial charge in [0.15, 0.2) is 0 Å². The molecule has 0 unspecified atom stereocenters. The van der Waals surface area contributed by atoms with Gasteiger partial charge in [0.25, 0.3) is 11.8 Å². The molecule has 1 spiro atoms. The minimum atomic E-state index is -0.0215. The second-order valence-electron chi connectivity index (χ2n) is 7.16. The van der Waals surface area contributed by atoms with E-state index in [0.717, 1.165) is 23.7 Å². The molecule has 0 saturated carbocycles. The minimum Gasteiger partial charge on any atom is -0.336 e. The summed E-state index contributed by atoms with van der Waals surface area (Å²) in [7, 11) is 0. The molecule has 24 heavy (non-hydrogen) atoms. The van der Waals surface area contributed by atoms with Gasteiger partial charge >= 0.3 is 0 Å². The molecule has 0 bridgehead atoms. The van der Waals surface area contributed by atoms with Gasteiger partial charge in [0.2, 0.25) is 0 Å². The minimum absolute atomic E-state index is 0.0215. The lowest BCUT2D eigenvalue weighted by atomic mass is 9.72. The summed E-state index contributed by atoms with van der Waals surface area (Å²) in [4.78, 5) is 29.2. The van der Waals surface area contributed by atoms with Gasteiger partial charge in [-0.3, -0.25) is 14.7 Å². The predicted octanol–water partition coefficient (Wildman–Crippen LogP) is 2.19. The molecule has 2 aromatic rings.